The second-order valence-corrected chi connectivity index (χ2v) is 7.60. The van der Waals surface area contributed by atoms with Crippen molar-refractivity contribution in [2.75, 3.05) is 32.7 Å². The number of likely N-dealkylation sites (N-methyl/N-ethyl adjacent to an activating group) is 1. The molecule has 6 nitrogen and oxygen atoms in total. The van der Waals surface area contributed by atoms with Crippen molar-refractivity contribution in [2.45, 2.75) is 18.9 Å². The number of benzene rings is 2. The number of hydrogen-bond donors (Lipinski definition) is 0. The summed E-state index contributed by atoms with van der Waals surface area (Å²) in [7, 11) is 5.08. The Morgan fingerprint density at radius 3 is 2.39 bits per heavy atom. The van der Waals surface area contributed by atoms with Crippen molar-refractivity contribution in [3.8, 4) is 11.5 Å². The average Bonchev–Trinajstić information content (AvgIpc) is 3.00. The third kappa shape index (κ3) is 4.20. The summed E-state index contributed by atoms with van der Waals surface area (Å²) >= 11 is 3.37. The number of nitrogens with zero attached hydrogens (tertiary/aromatic N) is 2. The smallest absolute Gasteiger partial charge is 0.251 e. The molecule has 0 aromatic heterocycles. The van der Waals surface area contributed by atoms with Crippen molar-refractivity contribution in [3.63, 3.8) is 0 Å². The minimum atomic E-state index is -0.448. The van der Waals surface area contributed by atoms with Gasteiger partial charge in [0.15, 0.2) is 11.5 Å². The fraction of sp³-hybridized carbons (Fsp3) is 0.333. The molecule has 2 aromatic rings. The van der Waals surface area contributed by atoms with Crippen LogP contribution in [-0.4, -0.2) is 50.6 Å². The number of carbonyl (C=O) groups is 2. The van der Waals surface area contributed by atoms with E-state index < -0.39 is 6.04 Å². The minimum absolute atomic E-state index is 0.171. The summed E-state index contributed by atoms with van der Waals surface area (Å²) in [4.78, 5) is 28.5. The molecule has 1 aliphatic rings. The Morgan fingerprint density at radius 2 is 1.75 bits per heavy atom. The molecular formula is C21H23BrN2O4. The van der Waals surface area contributed by atoms with Gasteiger partial charge in [0.25, 0.3) is 5.91 Å². The van der Waals surface area contributed by atoms with Gasteiger partial charge in [-0.3, -0.25) is 14.5 Å². The lowest BCUT2D eigenvalue weighted by Crippen LogP contribution is -2.40. The molecule has 0 saturated carbocycles. The van der Waals surface area contributed by atoms with E-state index in [0.29, 0.717) is 23.7 Å². The van der Waals surface area contributed by atoms with E-state index in [4.69, 9.17) is 9.47 Å². The van der Waals surface area contributed by atoms with E-state index in [9.17, 15) is 9.59 Å². The molecular weight excluding hydrogens is 424 g/mol. The Labute approximate surface area is 173 Å². The Morgan fingerprint density at radius 1 is 1.07 bits per heavy atom. The fourth-order valence-corrected chi connectivity index (χ4v) is 3.58. The SMILES string of the molecule is COc1ccc(CCN(C)[C@@H]2CC(=O)N(c3ccc(Br)cc3)C2=O)cc1OC. The van der Waals surface area contributed by atoms with Crippen molar-refractivity contribution in [1.29, 1.82) is 0 Å². The van der Waals surface area contributed by atoms with Gasteiger partial charge in [0.2, 0.25) is 5.91 Å². The van der Waals surface area contributed by atoms with Crippen molar-refractivity contribution >= 4 is 33.4 Å². The van der Waals surface area contributed by atoms with Crippen LogP contribution >= 0.6 is 15.9 Å². The Bertz CT molecular complexity index is 869. The highest BCUT2D eigenvalue weighted by Gasteiger charge is 2.41. The van der Waals surface area contributed by atoms with E-state index in [1.807, 2.05) is 42.3 Å². The first-order chi connectivity index (χ1) is 13.4. The van der Waals surface area contributed by atoms with Gasteiger partial charge in [0.1, 0.15) is 0 Å². The molecule has 0 bridgehead atoms. The zero-order valence-electron chi connectivity index (χ0n) is 16.1. The van der Waals surface area contributed by atoms with Crippen molar-refractivity contribution in [2.24, 2.45) is 0 Å². The van der Waals surface area contributed by atoms with Gasteiger partial charge in [-0.25, -0.2) is 4.90 Å². The maximum atomic E-state index is 12.9. The first kappa shape index (κ1) is 20.4. The van der Waals surface area contributed by atoms with Gasteiger partial charge in [-0.1, -0.05) is 22.0 Å². The van der Waals surface area contributed by atoms with Crippen molar-refractivity contribution in [1.82, 2.24) is 4.90 Å². The number of halogens is 1. The highest BCUT2D eigenvalue weighted by molar-refractivity contribution is 9.10. The Hall–Kier alpha value is -2.38. The largest absolute Gasteiger partial charge is 0.493 e. The number of carbonyl (C=O) groups excluding carboxylic acids is 2. The second kappa shape index (κ2) is 8.75. The van der Waals surface area contributed by atoms with E-state index in [2.05, 4.69) is 15.9 Å². The summed E-state index contributed by atoms with van der Waals surface area (Å²) in [5.41, 5.74) is 1.68. The van der Waals surface area contributed by atoms with Gasteiger partial charge in [-0.2, -0.15) is 0 Å². The van der Waals surface area contributed by atoms with E-state index in [1.165, 1.54) is 4.90 Å². The second-order valence-electron chi connectivity index (χ2n) is 6.68. The molecule has 2 aromatic carbocycles. The van der Waals surface area contributed by atoms with Crippen LogP contribution in [0.2, 0.25) is 0 Å². The van der Waals surface area contributed by atoms with Crippen LogP contribution in [0.25, 0.3) is 0 Å². The van der Waals surface area contributed by atoms with Crippen LogP contribution in [0.5, 0.6) is 11.5 Å². The van der Waals surface area contributed by atoms with Gasteiger partial charge < -0.3 is 9.47 Å². The molecule has 148 valence electrons. The van der Waals surface area contributed by atoms with Crippen LogP contribution in [0.1, 0.15) is 12.0 Å². The van der Waals surface area contributed by atoms with Gasteiger partial charge in [0.05, 0.1) is 32.4 Å². The van der Waals surface area contributed by atoms with Crippen LogP contribution in [0.15, 0.2) is 46.9 Å². The molecule has 2 amide bonds. The average molecular weight is 447 g/mol. The lowest BCUT2D eigenvalue weighted by atomic mass is 10.1. The van der Waals surface area contributed by atoms with Gasteiger partial charge in [0, 0.05) is 11.0 Å². The summed E-state index contributed by atoms with van der Waals surface area (Å²) in [6, 6.07) is 12.5. The molecule has 7 heteroatoms. The zero-order valence-corrected chi connectivity index (χ0v) is 17.7. The van der Waals surface area contributed by atoms with Crippen LogP contribution in [0, 0.1) is 0 Å². The summed E-state index contributed by atoms with van der Waals surface area (Å²) in [6.07, 6.45) is 0.921. The van der Waals surface area contributed by atoms with E-state index >= 15 is 0 Å². The van der Waals surface area contributed by atoms with Gasteiger partial charge >= 0.3 is 0 Å². The fourth-order valence-electron chi connectivity index (χ4n) is 3.32. The van der Waals surface area contributed by atoms with Gasteiger partial charge in [-0.15, -0.1) is 0 Å². The number of anilines is 1. The lowest BCUT2D eigenvalue weighted by Gasteiger charge is -2.23. The number of hydrogen-bond acceptors (Lipinski definition) is 5. The maximum absolute atomic E-state index is 12.9. The molecule has 0 spiro atoms. The predicted octanol–water partition coefficient (Wildman–Crippen LogP) is 3.27. The molecule has 0 radical (unpaired) electrons. The Balaban J connectivity index is 1.66. The van der Waals surface area contributed by atoms with E-state index in [0.717, 1.165) is 16.5 Å². The predicted molar refractivity (Wildman–Crippen MR) is 111 cm³/mol. The molecule has 1 heterocycles. The third-order valence-electron chi connectivity index (χ3n) is 4.94. The van der Waals surface area contributed by atoms with Crippen LogP contribution < -0.4 is 14.4 Å². The molecule has 1 fully saturated rings. The van der Waals surface area contributed by atoms with Crippen LogP contribution in [0.4, 0.5) is 5.69 Å². The molecule has 0 N–H and O–H groups in total. The zero-order chi connectivity index (χ0) is 20.3. The van der Waals surface area contributed by atoms with E-state index in [1.54, 1.807) is 26.4 Å². The molecule has 1 saturated heterocycles. The number of ether oxygens (including phenoxy) is 2. The highest BCUT2D eigenvalue weighted by Crippen LogP contribution is 2.29. The standard InChI is InChI=1S/C21H23BrN2O4/c1-23(11-10-14-4-9-18(27-2)19(12-14)28-3)17-13-20(25)24(21(17)26)16-7-5-15(22)6-8-16/h4-9,12,17H,10-11,13H2,1-3H3/t17-/m1/s1. The number of amides is 2. The normalized spacial score (nSPS) is 16.8. The topological polar surface area (TPSA) is 59.1 Å². The summed E-state index contributed by atoms with van der Waals surface area (Å²) < 4.78 is 11.5. The first-order valence-electron chi connectivity index (χ1n) is 8.98. The van der Waals surface area contributed by atoms with E-state index in [-0.39, 0.29) is 18.2 Å². The summed E-state index contributed by atoms with van der Waals surface area (Å²) in [6.45, 7) is 0.646. The quantitative estimate of drug-likeness (QED) is 0.610. The molecule has 0 unspecified atom stereocenters. The summed E-state index contributed by atoms with van der Waals surface area (Å²) in [5, 5.41) is 0. The third-order valence-corrected chi connectivity index (χ3v) is 5.47. The number of rotatable bonds is 7. The monoisotopic (exact) mass is 446 g/mol. The molecule has 1 aliphatic heterocycles. The molecule has 28 heavy (non-hydrogen) atoms. The molecule has 0 aliphatic carbocycles. The number of imide groups is 1. The molecule has 1 atom stereocenters. The van der Waals surface area contributed by atoms with Crippen molar-refractivity contribution in [3.05, 3.63) is 52.5 Å². The summed E-state index contributed by atoms with van der Waals surface area (Å²) in [5.74, 6) is 1.01. The first-order valence-corrected chi connectivity index (χ1v) is 9.77. The van der Waals surface area contributed by atoms with Crippen LogP contribution in [0.3, 0.4) is 0 Å². The molecule has 3 rings (SSSR count). The van der Waals surface area contributed by atoms with Crippen molar-refractivity contribution < 1.29 is 19.1 Å². The van der Waals surface area contributed by atoms with Gasteiger partial charge in [-0.05, 0) is 55.4 Å². The maximum Gasteiger partial charge on any atom is 0.251 e. The van der Waals surface area contributed by atoms with Crippen LogP contribution in [-0.2, 0) is 16.0 Å². The minimum Gasteiger partial charge on any atom is -0.493 e. The lowest BCUT2D eigenvalue weighted by molar-refractivity contribution is -0.122. The Kier molecular flexibility index (Phi) is 6.36. The number of methoxy groups -OCH3 is 2. The highest BCUT2D eigenvalue weighted by atomic mass is 79.9.